The number of methoxy groups -OCH3 is 1. The van der Waals surface area contributed by atoms with Gasteiger partial charge in [-0.25, -0.2) is 9.59 Å². The van der Waals surface area contributed by atoms with E-state index in [1.807, 2.05) is 6.07 Å². The van der Waals surface area contributed by atoms with E-state index in [1.165, 1.54) is 7.11 Å². The van der Waals surface area contributed by atoms with Gasteiger partial charge < -0.3 is 19.1 Å². The first-order valence-electron chi connectivity index (χ1n) is 8.85. The molecule has 2 bridgehead atoms. The Labute approximate surface area is 152 Å². The number of fused-ring (bicyclic) bond motifs is 2. The van der Waals surface area contributed by atoms with Crippen LogP contribution in [0.4, 0.5) is 4.79 Å². The van der Waals surface area contributed by atoms with Crippen LogP contribution in [0.25, 0.3) is 0 Å². The summed E-state index contributed by atoms with van der Waals surface area (Å²) in [7, 11) is 1.30. The average molecular weight is 361 g/mol. The maximum Gasteiger partial charge on any atom is 0.410 e. The lowest BCUT2D eigenvalue weighted by Gasteiger charge is -2.41. The van der Waals surface area contributed by atoms with E-state index < -0.39 is 30.1 Å². The van der Waals surface area contributed by atoms with Crippen LogP contribution in [0.1, 0.15) is 36.5 Å². The van der Waals surface area contributed by atoms with Crippen molar-refractivity contribution in [3.05, 3.63) is 35.9 Å². The molecule has 2 aliphatic heterocycles. The number of rotatable bonds is 4. The Kier molecular flexibility index (Phi) is 5.44. The van der Waals surface area contributed by atoms with E-state index >= 15 is 0 Å². The molecule has 2 fully saturated rings. The van der Waals surface area contributed by atoms with Crippen molar-refractivity contribution in [2.45, 2.75) is 44.4 Å². The van der Waals surface area contributed by atoms with Crippen LogP contribution in [0.3, 0.4) is 0 Å². The van der Waals surface area contributed by atoms with Crippen LogP contribution in [0.15, 0.2) is 30.3 Å². The van der Waals surface area contributed by atoms with Crippen molar-refractivity contribution < 1.29 is 28.6 Å². The zero-order valence-electron chi connectivity index (χ0n) is 14.9. The van der Waals surface area contributed by atoms with Gasteiger partial charge in [-0.1, -0.05) is 18.2 Å². The zero-order chi connectivity index (χ0) is 18.7. The molecule has 1 aromatic carbocycles. The molecule has 0 saturated carbocycles. The van der Waals surface area contributed by atoms with Gasteiger partial charge in [-0.3, -0.25) is 4.79 Å². The molecule has 0 N–H and O–H groups in total. The SMILES string of the molecule is CCOC(=O)N1[C@H]2CC[C@@H]1[C@@H](C(=O)OC)[C@@H](OC(=O)c1ccccc1)C2. The van der Waals surface area contributed by atoms with E-state index in [2.05, 4.69) is 0 Å². The number of carbonyl (C=O) groups is 3. The summed E-state index contributed by atoms with van der Waals surface area (Å²) >= 11 is 0. The normalized spacial score (nSPS) is 26.9. The smallest absolute Gasteiger partial charge is 0.410 e. The maximum atomic E-state index is 12.4. The highest BCUT2D eigenvalue weighted by Crippen LogP contribution is 2.41. The van der Waals surface area contributed by atoms with Gasteiger partial charge in [-0.05, 0) is 31.9 Å². The predicted molar refractivity (Wildman–Crippen MR) is 91.4 cm³/mol. The Balaban J connectivity index is 1.81. The number of amides is 1. The third-order valence-electron chi connectivity index (χ3n) is 5.09. The second-order valence-electron chi connectivity index (χ2n) is 6.50. The Morgan fingerprint density at radius 1 is 1.15 bits per heavy atom. The topological polar surface area (TPSA) is 82.1 Å². The summed E-state index contributed by atoms with van der Waals surface area (Å²) in [5.74, 6) is -1.67. The first-order valence-corrected chi connectivity index (χ1v) is 8.85. The lowest BCUT2D eigenvalue weighted by atomic mass is 9.87. The van der Waals surface area contributed by atoms with Crippen molar-refractivity contribution in [2.24, 2.45) is 5.92 Å². The molecule has 0 radical (unpaired) electrons. The zero-order valence-corrected chi connectivity index (χ0v) is 14.9. The number of ether oxygens (including phenoxy) is 3. The van der Waals surface area contributed by atoms with Crippen LogP contribution in [0, 0.1) is 5.92 Å². The third-order valence-corrected chi connectivity index (χ3v) is 5.09. The fourth-order valence-corrected chi connectivity index (χ4v) is 3.99. The molecule has 7 nitrogen and oxygen atoms in total. The first kappa shape index (κ1) is 18.2. The number of benzene rings is 1. The van der Waals surface area contributed by atoms with Crippen molar-refractivity contribution in [1.29, 1.82) is 0 Å². The highest BCUT2D eigenvalue weighted by atomic mass is 16.6. The lowest BCUT2D eigenvalue weighted by molar-refractivity contribution is -0.155. The number of esters is 2. The second-order valence-corrected chi connectivity index (χ2v) is 6.50. The molecule has 3 rings (SSSR count). The molecule has 0 aliphatic carbocycles. The maximum absolute atomic E-state index is 12.4. The van der Waals surface area contributed by atoms with Crippen molar-refractivity contribution in [3.63, 3.8) is 0 Å². The van der Waals surface area contributed by atoms with E-state index in [4.69, 9.17) is 14.2 Å². The van der Waals surface area contributed by atoms with E-state index in [0.717, 1.165) is 6.42 Å². The quantitative estimate of drug-likeness (QED) is 0.605. The second kappa shape index (κ2) is 7.76. The van der Waals surface area contributed by atoms with Gasteiger partial charge in [0, 0.05) is 12.5 Å². The van der Waals surface area contributed by atoms with Gasteiger partial charge in [0.2, 0.25) is 0 Å². The Hall–Kier alpha value is -2.57. The fourth-order valence-electron chi connectivity index (χ4n) is 3.99. The molecule has 0 unspecified atom stereocenters. The molecule has 2 heterocycles. The Morgan fingerprint density at radius 2 is 1.88 bits per heavy atom. The van der Waals surface area contributed by atoms with Gasteiger partial charge in [0.05, 0.1) is 25.3 Å². The van der Waals surface area contributed by atoms with E-state index in [-0.39, 0.29) is 18.7 Å². The molecular weight excluding hydrogens is 338 g/mol. The first-order chi connectivity index (χ1) is 12.6. The van der Waals surface area contributed by atoms with E-state index in [9.17, 15) is 14.4 Å². The number of hydrogen-bond acceptors (Lipinski definition) is 6. The van der Waals surface area contributed by atoms with Gasteiger partial charge in [0.15, 0.2) is 0 Å². The van der Waals surface area contributed by atoms with Gasteiger partial charge in [-0.2, -0.15) is 0 Å². The highest BCUT2D eigenvalue weighted by Gasteiger charge is 2.54. The Bertz CT molecular complexity index is 676. The summed E-state index contributed by atoms with van der Waals surface area (Å²) in [6, 6.07) is 8.16. The molecule has 1 amide bonds. The van der Waals surface area contributed by atoms with Crippen molar-refractivity contribution in [1.82, 2.24) is 4.90 Å². The summed E-state index contributed by atoms with van der Waals surface area (Å²) in [4.78, 5) is 38.8. The van der Waals surface area contributed by atoms with Crippen LogP contribution in [0.2, 0.25) is 0 Å². The highest BCUT2D eigenvalue weighted by molar-refractivity contribution is 5.89. The van der Waals surface area contributed by atoms with Crippen LogP contribution < -0.4 is 0 Å². The minimum Gasteiger partial charge on any atom is -0.469 e. The minimum absolute atomic E-state index is 0.103. The van der Waals surface area contributed by atoms with Gasteiger partial charge in [0.25, 0.3) is 0 Å². The summed E-state index contributed by atoms with van der Waals surface area (Å²) < 4.78 is 15.7. The van der Waals surface area contributed by atoms with Crippen LogP contribution in [-0.4, -0.2) is 54.8 Å². The molecule has 1 aromatic rings. The Morgan fingerprint density at radius 3 is 2.54 bits per heavy atom. The number of carbonyl (C=O) groups excluding carboxylic acids is 3. The number of nitrogens with zero attached hydrogens (tertiary/aromatic N) is 1. The van der Waals surface area contributed by atoms with Gasteiger partial charge >= 0.3 is 18.0 Å². The fraction of sp³-hybridized carbons (Fsp3) is 0.526. The van der Waals surface area contributed by atoms with Crippen LogP contribution in [-0.2, 0) is 19.0 Å². The molecular formula is C19H23NO6. The number of hydrogen-bond donors (Lipinski definition) is 0. The molecule has 140 valence electrons. The average Bonchev–Trinajstić information content (AvgIpc) is 2.97. The lowest BCUT2D eigenvalue weighted by Crippen LogP contribution is -2.57. The third kappa shape index (κ3) is 3.38. The molecule has 2 saturated heterocycles. The monoisotopic (exact) mass is 361 g/mol. The van der Waals surface area contributed by atoms with Crippen molar-refractivity contribution in [3.8, 4) is 0 Å². The summed E-state index contributed by atoms with van der Waals surface area (Å²) in [5.41, 5.74) is 0.427. The standard InChI is InChI=1S/C19H23NO6/c1-3-25-19(23)20-13-9-10-14(20)16(18(22)24-2)15(11-13)26-17(21)12-7-5-4-6-8-12/h4-8,13-16H,3,9-11H2,1-2H3/t13-,14+,15-,16+/m0/s1. The molecule has 0 aromatic heterocycles. The number of piperidine rings is 1. The molecule has 26 heavy (non-hydrogen) atoms. The van der Waals surface area contributed by atoms with Crippen molar-refractivity contribution >= 4 is 18.0 Å². The molecule has 7 heteroatoms. The summed E-state index contributed by atoms with van der Waals surface area (Å²) in [5, 5.41) is 0. The van der Waals surface area contributed by atoms with Crippen molar-refractivity contribution in [2.75, 3.05) is 13.7 Å². The van der Waals surface area contributed by atoms with Crippen LogP contribution >= 0.6 is 0 Å². The summed E-state index contributed by atoms with van der Waals surface area (Å²) in [6.45, 7) is 2.01. The largest absolute Gasteiger partial charge is 0.469 e. The summed E-state index contributed by atoms with van der Waals surface area (Å²) in [6.07, 6.45) is 0.743. The van der Waals surface area contributed by atoms with E-state index in [1.54, 1.807) is 36.1 Å². The van der Waals surface area contributed by atoms with Gasteiger partial charge in [-0.15, -0.1) is 0 Å². The van der Waals surface area contributed by atoms with Gasteiger partial charge in [0.1, 0.15) is 12.0 Å². The molecule has 4 atom stereocenters. The molecule has 0 spiro atoms. The minimum atomic E-state index is -0.712. The van der Waals surface area contributed by atoms with E-state index in [0.29, 0.717) is 18.4 Å². The molecule has 2 aliphatic rings. The predicted octanol–water partition coefficient (Wildman–Crippen LogP) is 2.39. The van der Waals surface area contributed by atoms with Crippen LogP contribution in [0.5, 0.6) is 0 Å².